The van der Waals surface area contributed by atoms with Gasteiger partial charge in [0.2, 0.25) is 0 Å². The number of para-hydroxylation sites is 1. The van der Waals surface area contributed by atoms with Crippen molar-refractivity contribution in [1.82, 2.24) is 15.2 Å². The van der Waals surface area contributed by atoms with Gasteiger partial charge in [-0.1, -0.05) is 49.7 Å². The molecule has 3 aromatic rings. The number of nitrogens with one attached hydrogen (secondary N) is 1. The SMILES string of the molecule is CCCCn1nc(C(=O)N/N=C\C=C\c2ccccc2OC)c2ccccc2c1=O. The third kappa shape index (κ3) is 4.81. The van der Waals surface area contributed by atoms with E-state index in [-0.39, 0.29) is 11.3 Å². The summed E-state index contributed by atoms with van der Waals surface area (Å²) in [6.07, 6.45) is 6.72. The molecule has 1 N–H and O–H groups in total. The molecule has 2 aromatic carbocycles. The molecule has 7 heteroatoms. The van der Waals surface area contributed by atoms with Gasteiger partial charge in [-0.2, -0.15) is 10.2 Å². The minimum absolute atomic E-state index is 0.173. The standard InChI is InChI=1S/C23H24N4O3/c1-3-4-16-27-23(29)19-13-7-6-12-18(19)21(26-27)22(28)25-24-15-9-11-17-10-5-8-14-20(17)30-2/h5-15H,3-4,16H2,1-2H3,(H,25,28)/b11-9+,24-15-. The van der Waals surface area contributed by atoms with Gasteiger partial charge in [0.25, 0.3) is 11.5 Å². The molecule has 1 heterocycles. The molecule has 0 unspecified atom stereocenters. The van der Waals surface area contributed by atoms with Gasteiger partial charge in [-0.15, -0.1) is 0 Å². The van der Waals surface area contributed by atoms with Crippen LogP contribution in [0, 0.1) is 0 Å². The Morgan fingerprint density at radius 2 is 1.90 bits per heavy atom. The monoisotopic (exact) mass is 404 g/mol. The summed E-state index contributed by atoms with van der Waals surface area (Å²) in [5, 5.41) is 9.22. The molecule has 0 fully saturated rings. The second kappa shape index (κ2) is 10.2. The van der Waals surface area contributed by atoms with Crippen LogP contribution in [0.3, 0.4) is 0 Å². The molecule has 0 saturated carbocycles. The highest BCUT2D eigenvalue weighted by atomic mass is 16.5. The number of rotatable bonds is 8. The van der Waals surface area contributed by atoms with Gasteiger partial charge in [0.1, 0.15) is 5.75 Å². The second-order valence-corrected chi connectivity index (χ2v) is 6.60. The van der Waals surface area contributed by atoms with E-state index in [2.05, 4.69) is 15.6 Å². The molecule has 0 aliphatic heterocycles. The van der Waals surface area contributed by atoms with Gasteiger partial charge in [-0.05, 0) is 30.7 Å². The van der Waals surface area contributed by atoms with Crippen LogP contribution in [0.15, 0.2) is 64.5 Å². The quantitative estimate of drug-likeness (QED) is 0.459. The van der Waals surface area contributed by atoms with E-state index in [0.717, 1.165) is 24.2 Å². The Bertz CT molecular complexity index is 1150. The zero-order chi connectivity index (χ0) is 21.3. The summed E-state index contributed by atoms with van der Waals surface area (Å²) in [5.41, 5.74) is 3.35. The predicted molar refractivity (Wildman–Crippen MR) is 119 cm³/mol. The van der Waals surface area contributed by atoms with Crippen molar-refractivity contribution in [3.63, 3.8) is 0 Å². The van der Waals surface area contributed by atoms with Crippen molar-refractivity contribution < 1.29 is 9.53 Å². The number of ether oxygens (including phenoxy) is 1. The average molecular weight is 404 g/mol. The molecule has 7 nitrogen and oxygen atoms in total. The molecule has 30 heavy (non-hydrogen) atoms. The first-order chi connectivity index (χ1) is 14.7. The maximum atomic E-state index is 12.7. The molecule has 0 aliphatic rings. The van der Waals surface area contributed by atoms with Gasteiger partial charge in [0, 0.05) is 23.7 Å². The minimum atomic E-state index is -0.474. The van der Waals surface area contributed by atoms with E-state index in [0.29, 0.717) is 17.3 Å². The topological polar surface area (TPSA) is 85.6 Å². The summed E-state index contributed by atoms with van der Waals surface area (Å²) in [6.45, 7) is 2.50. The van der Waals surface area contributed by atoms with Crippen LogP contribution >= 0.6 is 0 Å². The van der Waals surface area contributed by atoms with Crippen molar-refractivity contribution >= 4 is 29.0 Å². The number of aryl methyl sites for hydroxylation is 1. The number of hydrogen-bond acceptors (Lipinski definition) is 5. The third-order valence-corrected chi connectivity index (χ3v) is 4.55. The molecule has 1 amide bonds. The molecular weight excluding hydrogens is 380 g/mol. The normalized spacial score (nSPS) is 11.4. The van der Waals surface area contributed by atoms with Gasteiger partial charge in [-0.3, -0.25) is 9.59 Å². The van der Waals surface area contributed by atoms with Crippen molar-refractivity contribution in [1.29, 1.82) is 0 Å². The number of carbonyl (C=O) groups is 1. The molecular formula is C23H24N4O3. The lowest BCUT2D eigenvalue weighted by Gasteiger charge is -2.09. The molecule has 0 bridgehead atoms. The van der Waals surface area contributed by atoms with Crippen molar-refractivity contribution in [2.24, 2.45) is 5.10 Å². The number of unbranched alkanes of at least 4 members (excludes halogenated alkanes) is 1. The van der Waals surface area contributed by atoms with Crippen LogP contribution in [-0.4, -0.2) is 29.0 Å². The summed E-state index contributed by atoms with van der Waals surface area (Å²) < 4.78 is 6.64. The number of fused-ring (bicyclic) bond motifs is 1. The van der Waals surface area contributed by atoms with E-state index in [4.69, 9.17) is 4.74 Å². The van der Waals surface area contributed by atoms with E-state index in [1.165, 1.54) is 10.9 Å². The number of amides is 1. The summed E-state index contributed by atoms with van der Waals surface area (Å²) >= 11 is 0. The molecule has 0 aliphatic carbocycles. The number of hydrazone groups is 1. The summed E-state index contributed by atoms with van der Waals surface area (Å²) in [4.78, 5) is 25.3. The Hall–Kier alpha value is -3.74. The minimum Gasteiger partial charge on any atom is -0.496 e. The molecule has 0 radical (unpaired) electrons. The Morgan fingerprint density at radius 1 is 1.17 bits per heavy atom. The molecule has 0 saturated heterocycles. The van der Waals surface area contributed by atoms with Crippen LogP contribution in [0.25, 0.3) is 16.8 Å². The summed E-state index contributed by atoms with van der Waals surface area (Å²) in [5.74, 6) is 0.273. The highest BCUT2D eigenvalue weighted by molar-refractivity contribution is 6.04. The first kappa shape index (κ1) is 21.0. The summed E-state index contributed by atoms with van der Waals surface area (Å²) in [7, 11) is 1.61. The highest BCUT2D eigenvalue weighted by Crippen LogP contribution is 2.18. The van der Waals surface area contributed by atoms with Crippen LogP contribution in [-0.2, 0) is 6.54 Å². The molecule has 0 spiro atoms. The first-order valence-electron chi connectivity index (χ1n) is 9.78. The molecule has 154 valence electrons. The van der Waals surface area contributed by atoms with Crippen molar-refractivity contribution in [2.75, 3.05) is 7.11 Å². The number of hydrogen-bond donors (Lipinski definition) is 1. The van der Waals surface area contributed by atoms with Crippen LogP contribution in [0.2, 0.25) is 0 Å². The second-order valence-electron chi connectivity index (χ2n) is 6.60. The zero-order valence-electron chi connectivity index (χ0n) is 17.0. The third-order valence-electron chi connectivity index (χ3n) is 4.55. The predicted octanol–water partition coefficient (Wildman–Crippen LogP) is 3.63. The maximum absolute atomic E-state index is 12.7. The number of aromatic nitrogens is 2. The van der Waals surface area contributed by atoms with Crippen LogP contribution < -0.4 is 15.7 Å². The Kier molecular flexibility index (Phi) is 7.10. The van der Waals surface area contributed by atoms with Gasteiger partial charge in [0.05, 0.1) is 12.5 Å². The molecule has 3 rings (SSSR count). The maximum Gasteiger partial charge on any atom is 0.292 e. The Labute approximate surface area is 174 Å². The lowest BCUT2D eigenvalue weighted by atomic mass is 10.1. The van der Waals surface area contributed by atoms with Crippen molar-refractivity contribution in [3.05, 3.63) is 76.2 Å². The lowest BCUT2D eigenvalue weighted by molar-refractivity contribution is 0.0949. The van der Waals surface area contributed by atoms with Crippen molar-refractivity contribution in [3.8, 4) is 5.75 Å². The average Bonchev–Trinajstić information content (AvgIpc) is 2.78. The van der Waals surface area contributed by atoms with Crippen LogP contribution in [0.4, 0.5) is 0 Å². The number of nitrogens with zero attached hydrogens (tertiary/aromatic N) is 3. The Balaban J connectivity index is 1.79. The van der Waals surface area contributed by atoms with Crippen LogP contribution in [0.5, 0.6) is 5.75 Å². The fraction of sp³-hybridized carbons (Fsp3) is 0.217. The number of allylic oxidation sites excluding steroid dienone is 1. The van der Waals surface area contributed by atoms with Crippen LogP contribution in [0.1, 0.15) is 35.8 Å². The molecule has 0 atom stereocenters. The lowest BCUT2D eigenvalue weighted by Crippen LogP contribution is -2.29. The fourth-order valence-electron chi connectivity index (χ4n) is 3.00. The van der Waals surface area contributed by atoms with E-state index >= 15 is 0 Å². The zero-order valence-corrected chi connectivity index (χ0v) is 17.0. The smallest absolute Gasteiger partial charge is 0.292 e. The Morgan fingerprint density at radius 3 is 2.67 bits per heavy atom. The number of methoxy groups -OCH3 is 1. The first-order valence-corrected chi connectivity index (χ1v) is 9.78. The molecule has 1 aromatic heterocycles. The highest BCUT2D eigenvalue weighted by Gasteiger charge is 2.16. The van der Waals surface area contributed by atoms with E-state index in [1.807, 2.05) is 37.3 Å². The van der Waals surface area contributed by atoms with E-state index < -0.39 is 5.91 Å². The summed E-state index contributed by atoms with van der Waals surface area (Å²) in [6, 6.07) is 14.5. The number of benzene rings is 2. The van der Waals surface area contributed by atoms with E-state index in [1.54, 1.807) is 37.5 Å². The van der Waals surface area contributed by atoms with Gasteiger partial charge < -0.3 is 4.74 Å². The van der Waals surface area contributed by atoms with Gasteiger partial charge in [-0.25, -0.2) is 10.1 Å². The van der Waals surface area contributed by atoms with Gasteiger partial charge >= 0.3 is 0 Å². The van der Waals surface area contributed by atoms with Gasteiger partial charge in [0.15, 0.2) is 5.69 Å². The fourth-order valence-corrected chi connectivity index (χ4v) is 3.00. The largest absolute Gasteiger partial charge is 0.496 e. The van der Waals surface area contributed by atoms with Crippen molar-refractivity contribution in [2.45, 2.75) is 26.3 Å². The van der Waals surface area contributed by atoms with E-state index in [9.17, 15) is 9.59 Å². The number of carbonyl (C=O) groups excluding carboxylic acids is 1.